The molecule has 2 aliphatic carbocycles. The Balaban J connectivity index is 1.41. The Kier molecular flexibility index (Phi) is 6.12. The minimum absolute atomic E-state index is 0.0878. The van der Waals surface area contributed by atoms with Crippen LogP contribution >= 0.6 is 0 Å². The normalized spacial score (nSPS) is 19.2. The molecule has 0 aliphatic heterocycles. The molecule has 0 spiro atoms. The Hall–Kier alpha value is -2.11. The van der Waals surface area contributed by atoms with Crippen LogP contribution in [0.5, 0.6) is 0 Å². The monoisotopic (exact) mass is 360 g/mol. The number of nitrogens with zero attached hydrogens (tertiary/aromatic N) is 1. The van der Waals surface area contributed by atoms with Crippen LogP contribution in [-0.2, 0) is 10.2 Å². The van der Waals surface area contributed by atoms with Gasteiger partial charge in [0.25, 0.3) is 0 Å². The summed E-state index contributed by atoms with van der Waals surface area (Å²) in [7, 11) is 1.70. The van der Waals surface area contributed by atoms with E-state index >= 15 is 0 Å². The highest BCUT2D eigenvalue weighted by Crippen LogP contribution is 2.48. The number of hydrogen-bond donors (Lipinski definition) is 3. The van der Waals surface area contributed by atoms with Gasteiger partial charge in [0.1, 0.15) is 5.82 Å². The van der Waals surface area contributed by atoms with Crippen molar-refractivity contribution in [1.82, 2.24) is 16.0 Å². The number of benzene rings is 1. The Bertz CT molecular complexity index is 651. The number of rotatable bonds is 7. The van der Waals surface area contributed by atoms with Crippen molar-refractivity contribution >= 4 is 11.9 Å². The van der Waals surface area contributed by atoms with Crippen LogP contribution in [0.4, 0.5) is 4.39 Å². The van der Waals surface area contributed by atoms with E-state index in [9.17, 15) is 9.18 Å². The Morgan fingerprint density at radius 2 is 1.96 bits per heavy atom. The van der Waals surface area contributed by atoms with Crippen molar-refractivity contribution in [3.05, 3.63) is 35.6 Å². The first-order valence-electron chi connectivity index (χ1n) is 9.62. The summed E-state index contributed by atoms with van der Waals surface area (Å²) in [6, 6.07) is 7.35. The third-order valence-electron chi connectivity index (χ3n) is 5.48. The van der Waals surface area contributed by atoms with Crippen molar-refractivity contribution in [1.29, 1.82) is 0 Å². The molecule has 1 aromatic carbocycles. The van der Waals surface area contributed by atoms with Gasteiger partial charge in [-0.1, -0.05) is 31.0 Å². The standard InChI is InChI=1S/C20H29FN4O/c1-22-19(23-13-10-18(26)25-15-6-2-3-7-15)24-14-20(11-12-20)16-8-4-5-9-17(16)21/h4-5,8-9,15H,2-3,6-7,10-14H2,1H3,(H,25,26)(H2,22,23,24). The third-order valence-corrected chi connectivity index (χ3v) is 5.48. The summed E-state index contributed by atoms with van der Waals surface area (Å²) in [6.07, 6.45) is 6.99. The van der Waals surface area contributed by atoms with Crippen molar-refractivity contribution in [3.63, 3.8) is 0 Å². The Labute approximate surface area is 154 Å². The van der Waals surface area contributed by atoms with Crippen LogP contribution in [0.15, 0.2) is 29.3 Å². The summed E-state index contributed by atoms with van der Waals surface area (Å²) >= 11 is 0. The fraction of sp³-hybridized carbons (Fsp3) is 0.600. The van der Waals surface area contributed by atoms with Gasteiger partial charge < -0.3 is 16.0 Å². The van der Waals surface area contributed by atoms with Crippen LogP contribution in [0.2, 0.25) is 0 Å². The largest absolute Gasteiger partial charge is 0.356 e. The third kappa shape index (κ3) is 4.74. The second-order valence-electron chi connectivity index (χ2n) is 7.41. The Morgan fingerprint density at radius 3 is 2.62 bits per heavy atom. The highest BCUT2D eigenvalue weighted by molar-refractivity contribution is 5.81. The molecule has 5 nitrogen and oxygen atoms in total. The van der Waals surface area contributed by atoms with Gasteiger partial charge in [-0.2, -0.15) is 0 Å². The quantitative estimate of drug-likeness (QED) is 0.517. The molecule has 6 heteroatoms. The molecule has 2 aliphatic rings. The molecule has 1 amide bonds. The number of guanidine groups is 1. The van der Waals surface area contributed by atoms with Gasteiger partial charge in [-0.05, 0) is 37.3 Å². The van der Waals surface area contributed by atoms with Crippen molar-refractivity contribution in [2.24, 2.45) is 4.99 Å². The number of hydrogen-bond acceptors (Lipinski definition) is 2. The van der Waals surface area contributed by atoms with Gasteiger partial charge in [-0.25, -0.2) is 4.39 Å². The van der Waals surface area contributed by atoms with Gasteiger partial charge >= 0.3 is 0 Å². The fourth-order valence-corrected chi connectivity index (χ4v) is 3.72. The molecule has 0 radical (unpaired) electrons. The molecule has 0 atom stereocenters. The van der Waals surface area contributed by atoms with E-state index in [2.05, 4.69) is 20.9 Å². The summed E-state index contributed by atoms with van der Waals surface area (Å²) in [5, 5.41) is 9.54. The lowest BCUT2D eigenvalue weighted by molar-refractivity contribution is -0.121. The molecule has 3 rings (SSSR count). The SMILES string of the molecule is CN=C(NCCC(=O)NC1CCCC1)NCC1(c2ccccc2F)CC1. The maximum Gasteiger partial charge on any atom is 0.221 e. The molecule has 0 saturated heterocycles. The molecule has 0 unspecified atom stereocenters. The molecular weight excluding hydrogens is 331 g/mol. The second kappa shape index (κ2) is 8.52. The summed E-state index contributed by atoms with van der Waals surface area (Å²) < 4.78 is 14.1. The molecule has 2 saturated carbocycles. The zero-order valence-corrected chi connectivity index (χ0v) is 15.5. The maximum absolute atomic E-state index is 14.1. The summed E-state index contributed by atoms with van der Waals surface area (Å²) in [5.41, 5.74) is 0.641. The number of carbonyl (C=O) groups is 1. The van der Waals surface area contributed by atoms with Gasteiger partial charge in [0, 0.05) is 38.0 Å². The first kappa shape index (κ1) is 18.7. The van der Waals surface area contributed by atoms with E-state index in [0.717, 1.165) is 31.2 Å². The van der Waals surface area contributed by atoms with Crippen molar-refractivity contribution in [3.8, 4) is 0 Å². The lowest BCUT2D eigenvalue weighted by Gasteiger charge is -2.19. The van der Waals surface area contributed by atoms with E-state index in [1.165, 1.54) is 18.9 Å². The first-order valence-corrected chi connectivity index (χ1v) is 9.62. The van der Waals surface area contributed by atoms with E-state index in [1.54, 1.807) is 13.1 Å². The van der Waals surface area contributed by atoms with Gasteiger partial charge in [0.05, 0.1) is 0 Å². The van der Waals surface area contributed by atoms with Gasteiger partial charge in [-0.3, -0.25) is 9.79 Å². The van der Waals surface area contributed by atoms with Crippen LogP contribution in [0.25, 0.3) is 0 Å². The topological polar surface area (TPSA) is 65.5 Å². The number of nitrogens with one attached hydrogen (secondary N) is 3. The average molecular weight is 360 g/mol. The molecule has 3 N–H and O–H groups in total. The van der Waals surface area contributed by atoms with Gasteiger partial charge in [0.15, 0.2) is 5.96 Å². The second-order valence-corrected chi connectivity index (χ2v) is 7.41. The van der Waals surface area contributed by atoms with Crippen molar-refractivity contribution < 1.29 is 9.18 Å². The molecule has 26 heavy (non-hydrogen) atoms. The van der Waals surface area contributed by atoms with Crippen LogP contribution < -0.4 is 16.0 Å². The van der Waals surface area contributed by atoms with Crippen LogP contribution in [-0.4, -0.2) is 38.0 Å². The molecular formula is C20H29FN4O. The number of halogens is 1. The van der Waals surface area contributed by atoms with E-state index in [4.69, 9.17) is 0 Å². The molecule has 0 bridgehead atoms. The average Bonchev–Trinajstić information content (AvgIpc) is 3.25. The molecule has 1 aromatic rings. The van der Waals surface area contributed by atoms with Crippen LogP contribution in [0.1, 0.15) is 50.5 Å². The minimum Gasteiger partial charge on any atom is -0.356 e. The molecule has 142 valence electrons. The number of carbonyl (C=O) groups excluding carboxylic acids is 1. The predicted molar refractivity (Wildman–Crippen MR) is 102 cm³/mol. The van der Waals surface area contributed by atoms with Gasteiger partial charge in [0.2, 0.25) is 5.91 Å². The highest BCUT2D eigenvalue weighted by atomic mass is 19.1. The van der Waals surface area contributed by atoms with E-state index < -0.39 is 0 Å². The number of amides is 1. The van der Waals surface area contributed by atoms with E-state index in [0.29, 0.717) is 31.5 Å². The molecule has 0 heterocycles. The smallest absolute Gasteiger partial charge is 0.221 e. The summed E-state index contributed by atoms with van der Waals surface area (Å²) in [5.74, 6) is 0.601. The molecule has 2 fully saturated rings. The van der Waals surface area contributed by atoms with Crippen molar-refractivity contribution in [2.45, 2.75) is 56.4 Å². The van der Waals surface area contributed by atoms with E-state index in [-0.39, 0.29) is 17.1 Å². The fourth-order valence-electron chi connectivity index (χ4n) is 3.72. The first-order chi connectivity index (χ1) is 12.6. The highest BCUT2D eigenvalue weighted by Gasteiger charge is 2.45. The van der Waals surface area contributed by atoms with Crippen molar-refractivity contribution in [2.75, 3.05) is 20.1 Å². The Morgan fingerprint density at radius 1 is 1.23 bits per heavy atom. The predicted octanol–water partition coefficient (Wildman–Crippen LogP) is 2.47. The lowest BCUT2D eigenvalue weighted by atomic mass is 9.95. The lowest BCUT2D eigenvalue weighted by Crippen LogP contribution is -2.43. The summed E-state index contributed by atoms with van der Waals surface area (Å²) in [4.78, 5) is 16.2. The zero-order chi connectivity index (χ0) is 18.4. The minimum atomic E-state index is -0.140. The van der Waals surface area contributed by atoms with Crippen LogP contribution in [0.3, 0.4) is 0 Å². The zero-order valence-electron chi connectivity index (χ0n) is 15.5. The maximum atomic E-state index is 14.1. The van der Waals surface area contributed by atoms with E-state index in [1.807, 2.05) is 12.1 Å². The number of aliphatic imine (C=N–C) groups is 1. The summed E-state index contributed by atoms with van der Waals surface area (Å²) in [6.45, 7) is 1.17. The molecule has 0 aromatic heterocycles. The van der Waals surface area contributed by atoms with Crippen LogP contribution in [0, 0.1) is 5.82 Å². The van der Waals surface area contributed by atoms with Gasteiger partial charge in [-0.15, -0.1) is 0 Å².